The van der Waals surface area contributed by atoms with E-state index < -0.39 is 0 Å². The first-order valence-corrected chi connectivity index (χ1v) is 5.38. The molecule has 2 aromatic rings. The Kier molecular flexibility index (Phi) is 2.22. The second-order valence-electron chi connectivity index (χ2n) is 3.81. The molecule has 0 saturated carbocycles. The van der Waals surface area contributed by atoms with Crippen LogP contribution < -0.4 is 5.56 Å². The minimum atomic E-state index is -0.0964. The quantitative estimate of drug-likeness (QED) is 0.731. The molecular weight excluding hydrogens is 212 g/mol. The zero-order valence-electron chi connectivity index (χ0n) is 9.05. The van der Waals surface area contributed by atoms with Crippen molar-refractivity contribution in [3.8, 4) is 0 Å². The van der Waals surface area contributed by atoms with E-state index in [0.717, 1.165) is 22.2 Å². The first kappa shape index (κ1) is 9.78. The number of allylic oxidation sites excluding steroid dienone is 3. The Bertz CT molecular complexity index is 721. The van der Waals surface area contributed by atoms with E-state index in [4.69, 9.17) is 0 Å². The molecule has 0 bridgehead atoms. The molecule has 0 saturated heterocycles. The molecule has 0 spiro atoms. The fourth-order valence-corrected chi connectivity index (χ4v) is 1.90. The molecule has 3 heteroatoms. The van der Waals surface area contributed by atoms with Crippen molar-refractivity contribution in [3.05, 3.63) is 58.4 Å². The smallest absolute Gasteiger partial charge is 0.248 e. The maximum absolute atomic E-state index is 11.4. The number of hydrogen-bond acceptors (Lipinski definition) is 2. The van der Waals surface area contributed by atoms with E-state index in [1.165, 1.54) is 6.07 Å². The topological polar surface area (TPSA) is 45.2 Å². The zero-order valence-corrected chi connectivity index (χ0v) is 9.05. The number of aromatic nitrogens is 1. The van der Waals surface area contributed by atoms with Gasteiger partial charge in [-0.25, -0.2) is 0 Å². The van der Waals surface area contributed by atoms with Crippen LogP contribution in [-0.2, 0) is 0 Å². The maximum atomic E-state index is 11.4. The largest absolute Gasteiger partial charge is 0.321 e. The molecule has 2 heterocycles. The fraction of sp³-hybridized carbons (Fsp3) is 0. The Morgan fingerprint density at radius 1 is 1.00 bits per heavy atom. The number of hydrogen-bond donors (Lipinski definition) is 1. The average molecular weight is 222 g/mol. The Labute approximate surface area is 97.8 Å². The van der Waals surface area contributed by atoms with Crippen molar-refractivity contribution in [2.75, 3.05) is 0 Å². The molecule has 0 fully saturated rings. The van der Waals surface area contributed by atoms with Crippen LogP contribution >= 0.6 is 0 Å². The summed E-state index contributed by atoms with van der Waals surface area (Å²) in [7, 11) is 0. The number of nitrogens with zero attached hydrogens (tertiary/aromatic N) is 1. The molecule has 1 aliphatic rings. The Balaban J connectivity index is 2.42. The highest BCUT2D eigenvalue weighted by atomic mass is 16.1. The Morgan fingerprint density at radius 3 is 2.82 bits per heavy atom. The first-order valence-electron chi connectivity index (χ1n) is 5.38. The first-order chi connectivity index (χ1) is 8.34. The van der Waals surface area contributed by atoms with Gasteiger partial charge < -0.3 is 4.98 Å². The number of benzene rings is 1. The van der Waals surface area contributed by atoms with Crippen molar-refractivity contribution in [1.29, 1.82) is 0 Å². The summed E-state index contributed by atoms with van der Waals surface area (Å²) in [6, 6.07) is 7.27. The third-order valence-electron chi connectivity index (χ3n) is 2.70. The van der Waals surface area contributed by atoms with Crippen LogP contribution in [0.2, 0.25) is 0 Å². The minimum absolute atomic E-state index is 0.0964. The Hall–Kier alpha value is -2.42. The summed E-state index contributed by atoms with van der Waals surface area (Å²) in [6.07, 6.45) is 9.42. The van der Waals surface area contributed by atoms with Gasteiger partial charge in [0.05, 0.1) is 11.2 Å². The minimum Gasteiger partial charge on any atom is -0.321 e. The third kappa shape index (κ3) is 1.72. The molecule has 82 valence electrons. The van der Waals surface area contributed by atoms with E-state index in [1.54, 1.807) is 6.21 Å². The number of pyridine rings is 1. The van der Waals surface area contributed by atoms with Crippen LogP contribution in [0.25, 0.3) is 17.0 Å². The van der Waals surface area contributed by atoms with Crippen molar-refractivity contribution in [2.24, 2.45) is 4.99 Å². The van der Waals surface area contributed by atoms with E-state index in [2.05, 4.69) is 9.98 Å². The molecule has 3 rings (SSSR count). The summed E-state index contributed by atoms with van der Waals surface area (Å²) in [4.78, 5) is 18.6. The predicted octanol–water partition coefficient (Wildman–Crippen LogP) is 2.81. The van der Waals surface area contributed by atoms with Crippen LogP contribution in [0.15, 0.2) is 52.3 Å². The van der Waals surface area contributed by atoms with Crippen LogP contribution in [-0.4, -0.2) is 11.2 Å². The van der Waals surface area contributed by atoms with Gasteiger partial charge in [-0.1, -0.05) is 24.3 Å². The molecule has 0 radical (unpaired) electrons. The molecule has 1 aromatic heterocycles. The molecule has 17 heavy (non-hydrogen) atoms. The predicted molar refractivity (Wildman–Crippen MR) is 70.9 cm³/mol. The van der Waals surface area contributed by atoms with Crippen molar-refractivity contribution in [3.63, 3.8) is 0 Å². The lowest BCUT2D eigenvalue weighted by atomic mass is 10.1. The summed E-state index contributed by atoms with van der Waals surface area (Å²) in [5.74, 6) is 0. The highest BCUT2D eigenvalue weighted by molar-refractivity contribution is 5.94. The van der Waals surface area contributed by atoms with Crippen molar-refractivity contribution in [2.45, 2.75) is 0 Å². The number of aromatic amines is 1. The van der Waals surface area contributed by atoms with Gasteiger partial charge in [0.15, 0.2) is 0 Å². The number of fused-ring (bicyclic) bond motifs is 3. The van der Waals surface area contributed by atoms with Gasteiger partial charge in [-0.05, 0) is 23.6 Å². The van der Waals surface area contributed by atoms with Crippen LogP contribution in [0.5, 0.6) is 0 Å². The summed E-state index contributed by atoms with van der Waals surface area (Å²) in [5.41, 5.74) is 2.54. The normalized spacial score (nSPS) is 17.2. The maximum Gasteiger partial charge on any atom is 0.248 e. The van der Waals surface area contributed by atoms with E-state index in [-0.39, 0.29) is 5.56 Å². The number of aliphatic imine (C=N–C) groups is 1. The van der Waals surface area contributed by atoms with E-state index >= 15 is 0 Å². The van der Waals surface area contributed by atoms with Gasteiger partial charge in [0, 0.05) is 17.8 Å². The van der Waals surface area contributed by atoms with Gasteiger partial charge in [0.2, 0.25) is 5.56 Å². The summed E-state index contributed by atoms with van der Waals surface area (Å²) < 4.78 is 0. The summed E-state index contributed by atoms with van der Waals surface area (Å²) >= 11 is 0. The highest BCUT2D eigenvalue weighted by Crippen LogP contribution is 2.28. The van der Waals surface area contributed by atoms with E-state index in [9.17, 15) is 4.79 Å². The molecule has 1 aliphatic heterocycles. The lowest BCUT2D eigenvalue weighted by Gasteiger charge is -2.06. The third-order valence-corrected chi connectivity index (χ3v) is 2.70. The van der Waals surface area contributed by atoms with Crippen LogP contribution in [0.1, 0.15) is 5.56 Å². The average Bonchev–Trinajstić information content (AvgIpc) is 2.29. The standard InChI is InChI=1S/C14H10N2O/c17-13-8-6-10-5-7-12-11(14(10)16-13)4-2-1-3-9-15-12/h1-9H,(H,16,17)/b2-1?,3-1-,4-2-,9-3?,11-4?,15-9?,15-12?. The number of rotatable bonds is 0. The molecule has 0 atom stereocenters. The zero-order chi connectivity index (χ0) is 11.7. The monoisotopic (exact) mass is 222 g/mol. The number of nitrogens with one attached hydrogen (secondary N) is 1. The number of H-pyrrole nitrogens is 1. The molecule has 3 nitrogen and oxygen atoms in total. The van der Waals surface area contributed by atoms with Gasteiger partial charge in [-0.2, -0.15) is 0 Å². The van der Waals surface area contributed by atoms with Gasteiger partial charge in [-0.15, -0.1) is 0 Å². The van der Waals surface area contributed by atoms with E-state index in [0.29, 0.717) is 0 Å². The van der Waals surface area contributed by atoms with Crippen LogP contribution in [0.4, 0.5) is 5.69 Å². The van der Waals surface area contributed by atoms with Crippen molar-refractivity contribution < 1.29 is 0 Å². The highest BCUT2D eigenvalue weighted by Gasteiger charge is 2.05. The van der Waals surface area contributed by atoms with E-state index in [1.807, 2.05) is 42.5 Å². The van der Waals surface area contributed by atoms with Crippen molar-refractivity contribution in [1.82, 2.24) is 4.98 Å². The molecule has 0 aliphatic carbocycles. The lowest BCUT2D eigenvalue weighted by molar-refractivity contribution is 1.30. The van der Waals surface area contributed by atoms with Gasteiger partial charge in [0.1, 0.15) is 0 Å². The summed E-state index contributed by atoms with van der Waals surface area (Å²) in [6.45, 7) is 0. The molecule has 0 amide bonds. The molecule has 1 aromatic carbocycles. The second kappa shape index (κ2) is 3.87. The van der Waals surface area contributed by atoms with Gasteiger partial charge in [0.25, 0.3) is 0 Å². The van der Waals surface area contributed by atoms with Crippen molar-refractivity contribution >= 4 is 28.9 Å². The van der Waals surface area contributed by atoms with Gasteiger partial charge in [-0.3, -0.25) is 9.79 Å². The lowest BCUT2D eigenvalue weighted by Crippen LogP contribution is -2.03. The SMILES string of the molecule is O=c1ccc2ccc3c(c2[nH]1)/C=C\C=C/C=N3. The molecular formula is C14H10N2O. The fourth-order valence-electron chi connectivity index (χ4n) is 1.90. The molecule has 0 unspecified atom stereocenters. The van der Waals surface area contributed by atoms with Crippen LogP contribution in [0, 0.1) is 0 Å². The summed E-state index contributed by atoms with van der Waals surface area (Å²) in [5, 5.41) is 1.01. The van der Waals surface area contributed by atoms with Crippen LogP contribution in [0.3, 0.4) is 0 Å². The molecule has 1 N–H and O–H groups in total. The Morgan fingerprint density at radius 2 is 1.88 bits per heavy atom. The second-order valence-corrected chi connectivity index (χ2v) is 3.81. The van der Waals surface area contributed by atoms with Gasteiger partial charge >= 0.3 is 0 Å².